The Morgan fingerprint density at radius 2 is 2.11 bits per heavy atom. The lowest BCUT2D eigenvalue weighted by molar-refractivity contribution is -0.142. The van der Waals surface area contributed by atoms with Crippen molar-refractivity contribution in [3.63, 3.8) is 0 Å². The largest absolute Gasteiger partial charge is 0.480 e. The Bertz CT molecular complexity index is 282. The fourth-order valence-corrected chi connectivity index (χ4v) is 3.53. The number of hydrogen-bond donors (Lipinski definition) is 1. The third-order valence-corrected chi connectivity index (χ3v) is 4.35. The molecule has 1 aliphatic carbocycles. The second-order valence-electron chi connectivity index (χ2n) is 5.55. The van der Waals surface area contributed by atoms with Crippen LogP contribution >= 0.6 is 0 Å². The number of carbonyl (C=O) groups is 1. The van der Waals surface area contributed by atoms with Crippen molar-refractivity contribution in [2.24, 2.45) is 5.92 Å². The molecule has 1 aliphatic heterocycles. The second kappa shape index (κ2) is 6.53. The standard InChI is InChI=1S/C14H25NO3/c1-2-8-18-9-7-15-12-6-4-3-5-11(12)10-13(15)14(16)17/h11-13H,2-10H2,1H3,(H,16,17). The molecule has 0 aromatic carbocycles. The van der Waals surface area contributed by atoms with Gasteiger partial charge in [-0.1, -0.05) is 19.8 Å². The van der Waals surface area contributed by atoms with Gasteiger partial charge in [-0.2, -0.15) is 0 Å². The smallest absolute Gasteiger partial charge is 0.320 e. The summed E-state index contributed by atoms with van der Waals surface area (Å²) in [6, 6.07) is 0.216. The van der Waals surface area contributed by atoms with Crippen LogP contribution in [0.15, 0.2) is 0 Å². The third-order valence-electron chi connectivity index (χ3n) is 4.35. The van der Waals surface area contributed by atoms with E-state index in [-0.39, 0.29) is 6.04 Å². The average molecular weight is 255 g/mol. The van der Waals surface area contributed by atoms with Crippen molar-refractivity contribution < 1.29 is 14.6 Å². The topological polar surface area (TPSA) is 49.8 Å². The maximum atomic E-state index is 11.4. The molecule has 3 atom stereocenters. The highest BCUT2D eigenvalue weighted by Crippen LogP contribution is 2.39. The minimum atomic E-state index is -0.653. The molecule has 0 radical (unpaired) electrons. The van der Waals surface area contributed by atoms with Gasteiger partial charge < -0.3 is 9.84 Å². The number of aliphatic carboxylic acids is 1. The van der Waals surface area contributed by atoms with Gasteiger partial charge in [-0.15, -0.1) is 0 Å². The molecular weight excluding hydrogens is 230 g/mol. The molecule has 1 N–H and O–H groups in total. The highest BCUT2D eigenvalue weighted by Gasteiger charge is 2.44. The Morgan fingerprint density at radius 3 is 2.83 bits per heavy atom. The van der Waals surface area contributed by atoms with E-state index in [0.717, 1.165) is 26.0 Å². The van der Waals surface area contributed by atoms with Crippen molar-refractivity contribution in [3.8, 4) is 0 Å². The summed E-state index contributed by atoms with van der Waals surface area (Å²) in [5.74, 6) is -0.0501. The van der Waals surface area contributed by atoms with E-state index in [1.807, 2.05) is 0 Å². The molecule has 0 bridgehead atoms. The first-order chi connectivity index (χ1) is 8.74. The van der Waals surface area contributed by atoms with Crippen molar-refractivity contribution in [1.29, 1.82) is 0 Å². The van der Waals surface area contributed by atoms with E-state index in [1.54, 1.807) is 0 Å². The minimum absolute atomic E-state index is 0.275. The Kier molecular flexibility index (Phi) is 5.01. The Labute approximate surface area is 109 Å². The molecule has 104 valence electrons. The monoisotopic (exact) mass is 255 g/mol. The van der Waals surface area contributed by atoms with Gasteiger partial charge in [0.15, 0.2) is 0 Å². The molecule has 2 fully saturated rings. The van der Waals surface area contributed by atoms with Gasteiger partial charge in [0.05, 0.1) is 6.61 Å². The van der Waals surface area contributed by atoms with Crippen molar-refractivity contribution in [2.45, 2.75) is 57.5 Å². The summed E-state index contributed by atoms with van der Waals surface area (Å²) < 4.78 is 5.52. The molecular formula is C14H25NO3. The van der Waals surface area contributed by atoms with Crippen LogP contribution in [0.25, 0.3) is 0 Å². The van der Waals surface area contributed by atoms with Gasteiger partial charge in [0.1, 0.15) is 6.04 Å². The lowest BCUT2D eigenvalue weighted by atomic mass is 9.85. The van der Waals surface area contributed by atoms with Crippen molar-refractivity contribution in [1.82, 2.24) is 4.90 Å². The summed E-state index contributed by atoms with van der Waals surface area (Å²) in [7, 11) is 0. The van der Waals surface area contributed by atoms with E-state index >= 15 is 0 Å². The Morgan fingerprint density at radius 1 is 1.33 bits per heavy atom. The first-order valence-corrected chi connectivity index (χ1v) is 7.30. The SMILES string of the molecule is CCCOCCN1C(C(=O)O)CC2CCCCC21. The van der Waals surface area contributed by atoms with Crippen LogP contribution < -0.4 is 0 Å². The van der Waals surface area contributed by atoms with E-state index < -0.39 is 5.97 Å². The van der Waals surface area contributed by atoms with Gasteiger partial charge in [0.25, 0.3) is 0 Å². The normalized spacial score (nSPS) is 32.4. The summed E-state index contributed by atoms with van der Waals surface area (Å²) in [5.41, 5.74) is 0. The second-order valence-corrected chi connectivity index (χ2v) is 5.55. The van der Waals surface area contributed by atoms with E-state index in [1.165, 1.54) is 25.7 Å². The summed E-state index contributed by atoms with van der Waals surface area (Å²) in [6.07, 6.45) is 6.76. The zero-order valence-electron chi connectivity index (χ0n) is 11.3. The minimum Gasteiger partial charge on any atom is -0.480 e. The highest BCUT2D eigenvalue weighted by atomic mass is 16.5. The van der Waals surface area contributed by atoms with E-state index in [9.17, 15) is 9.90 Å². The number of nitrogens with zero attached hydrogens (tertiary/aromatic N) is 1. The van der Waals surface area contributed by atoms with Crippen molar-refractivity contribution in [3.05, 3.63) is 0 Å². The fraction of sp³-hybridized carbons (Fsp3) is 0.929. The molecule has 0 aromatic rings. The molecule has 0 aromatic heterocycles. The van der Waals surface area contributed by atoms with Gasteiger partial charge in [-0.25, -0.2) is 0 Å². The van der Waals surface area contributed by atoms with Crippen molar-refractivity contribution >= 4 is 5.97 Å². The zero-order valence-corrected chi connectivity index (χ0v) is 11.3. The number of ether oxygens (including phenoxy) is 1. The lowest BCUT2D eigenvalue weighted by Gasteiger charge is -2.32. The molecule has 0 spiro atoms. The number of fused-ring (bicyclic) bond motifs is 1. The summed E-state index contributed by atoms with van der Waals surface area (Å²) in [4.78, 5) is 13.6. The van der Waals surface area contributed by atoms with Crippen LogP contribution in [0, 0.1) is 5.92 Å². The Balaban J connectivity index is 1.91. The van der Waals surface area contributed by atoms with Crippen molar-refractivity contribution in [2.75, 3.05) is 19.8 Å². The summed E-state index contributed by atoms with van der Waals surface area (Å²) >= 11 is 0. The van der Waals surface area contributed by atoms with Gasteiger partial charge in [0, 0.05) is 19.2 Å². The number of rotatable bonds is 6. The van der Waals surface area contributed by atoms with E-state index in [2.05, 4.69) is 11.8 Å². The molecule has 4 heteroatoms. The van der Waals surface area contributed by atoms with Crippen LogP contribution in [0.2, 0.25) is 0 Å². The number of carboxylic acids is 1. The van der Waals surface area contributed by atoms with Crippen LogP contribution in [-0.2, 0) is 9.53 Å². The lowest BCUT2D eigenvalue weighted by Crippen LogP contribution is -2.44. The van der Waals surface area contributed by atoms with E-state index in [4.69, 9.17) is 4.74 Å². The number of carboxylic acid groups (broad SMARTS) is 1. The molecule has 4 nitrogen and oxygen atoms in total. The zero-order chi connectivity index (χ0) is 13.0. The molecule has 2 rings (SSSR count). The van der Waals surface area contributed by atoms with Crippen LogP contribution in [0.3, 0.4) is 0 Å². The molecule has 18 heavy (non-hydrogen) atoms. The van der Waals surface area contributed by atoms with Crippen LogP contribution in [0.5, 0.6) is 0 Å². The number of hydrogen-bond acceptors (Lipinski definition) is 3. The third kappa shape index (κ3) is 3.04. The molecule has 1 saturated heterocycles. The number of likely N-dealkylation sites (tertiary alicyclic amines) is 1. The predicted octanol–water partition coefficient (Wildman–Crippen LogP) is 2.13. The van der Waals surface area contributed by atoms with Crippen LogP contribution in [0.1, 0.15) is 45.4 Å². The fourth-order valence-electron chi connectivity index (χ4n) is 3.53. The summed E-state index contributed by atoms with van der Waals surface area (Å²) in [5, 5.41) is 9.35. The Hall–Kier alpha value is -0.610. The highest BCUT2D eigenvalue weighted by molar-refractivity contribution is 5.74. The first-order valence-electron chi connectivity index (χ1n) is 7.30. The van der Waals surface area contributed by atoms with Gasteiger partial charge in [-0.3, -0.25) is 9.69 Å². The van der Waals surface area contributed by atoms with E-state index in [0.29, 0.717) is 18.6 Å². The molecule has 2 aliphatic rings. The predicted molar refractivity (Wildman–Crippen MR) is 69.6 cm³/mol. The molecule has 1 saturated carbocycles. The molecule has 1 heterocycles. The first kappa shape index (κ1) is 13.8. The quantitative estimate of drug-likeness (QED) is 0.739. The van der Waals surface area contributed by atoms with Gasteiger partial charge >= 0.3 is 5.97 Å². The van der Waals surface area contributed by atoms with Gasteiger partial charge in [-0.05, 0) is 31.6 Å². The van der Waals surface area contributed by atoms with Gasteiger partial charge in [0.2, 0.25) is 0 Å². The summed E-state index contributed by atoms with van der Waals surface area (Å²) in [6.45, 7) is 4.31. The molecule has 0 amide bonds. The molecule has 3 unspecified atom stereocenters. The van der Waals surface area contributed by atoms with Crippen LogP contribution in [-0.4, -0.2) is 47.8 Å². The maximum absolute atomic E-state index is 11.4. The maximum Gasteiger partial charge on any atom is 0.320 e. The average Bonchev–Trinajstić information content (AvgIpc) is 2.74. The van der Waals surface area contributed by atoms with Crippen LogP contribution in [0.4, 0.5) is 0 Å².